The first-order chi connectivity index (χ1) is 6.76. The largest absolute Gasteiger partial charge is 0.508 e. The van der Waals surface area contributed by atoms with Crippen LogP contribution in [0, 0.1) is 5.92 Å². The number of nitrogens with one attached hydrogen (secondary N) is 1. The van der Waals surface area contributed by atoms with Crippen molar-refractivity contribution < 1.29 is 5.11 Å². The smallest absolute Gasteiger partial charge is 0.116 e. The first-order valence-electron chi connectivity index (χ1n) is 5.27. The monoisotopic (exact) mass is 191 g/mol. The molecule has 2 heteroatoms. The van der Waals surface area contributed by atoms with Crippen molar-refractivity contribution in [1.29, 1.82) is 0 Å². The summed E-state index contributed by atoms with van der Waals surface area (Å²) in [4.78, 5) is 0. The van der Waals surface area contributed by atoms with Gasteiger partial charge in [-0.15, -0.1) is 0 Å². The summed E-state index contributed by atoms with van der Waals surface area (Å²) in [5.41, 5.74) is 2.43. The molecule has 0 saturated heterocycles. The Morgan fingerprint density at radius 3 is 2.86 bits per heavy atom. The van der Waals surface area contributed by atoms with Gasteiger partial charge in [-0.2, -0.15) is 0 Å². The van der Waals surface area contributed by atoms with Gasteiger partial charge in [0.1, 0.15) is 5.75 Å². The molecule has 1 fully saturated rings. The minimum absolute atomic E-state index is 0.376. The van der Waals surface area contributed by atoms with Gasteiger partial charge in [0, 0.05) is 12.7 Å². The number of rotatable bonds is 3. The summed E-state index contributed by atoms with van der Waals surface area (Å²) in [6.07, 6.45) is 2.51. The lowest BCUT2D eigenvalue weighted by Gasteiger charge is -2.08. The normalized spacial score (nSPS) is 24.7. The van der Waals surface area contributed by atoms with Crippen LogP contribution in [0.3, 0.4) is 0 Å². The second-order valence-electron chi connectivity index (χ2n) is 4.03. The summed E-state index contributed by atoms with van der Waals surface area (Å²) < 4.78 is 0. The van der Waals surface area contributed by atoms with E-state index < -0.39 is 0 Å². The van der Waals surface area contributed by atoms with Crippen LogP contribution in [-0.4, -0.2) is 12.2 Å². The molecule has 2 unspecified atom stereocenters. The molecular formula is C12H17NO. The Balaban J connectivity index is 2.27. The van der Waals surface area contributed by atoms with Gasteiger partial charge in [0.2, 0.25) is 0 Å². The second-order valence-corrected chi connectivity index (χ2v) is 4.03. The van der Waals surface area contributed by atoms with Gasteiger partial charge in [-0.05, 0) is 42.0 Å². The van der Waals surface area contributed by atoms with Crippen LogP contribution in [0.15, 0.2) is 18.2 Å². The zero-order chi connectivity index (χ0) is 10.1. The maximum atomic E-state index is 9.44. The minimum atomic E-state index is 0.376. The molecule has 0 amide bonds. The van der Waals surface area contributed by atoms with Crippen LogP contribution in [-0.2, 0) is 0 Å². The number of phenolic OH excluding ortho intramolecular Hbond substituents is 1. The van der Waals surface area contributed by atoms with Crippen molar-refractivity contribution in [3.8, 4) is 5.75 Å². The van der Waals surface area contributed by atoms with Crippen molar-refractivity contribution in [3.63, 3.8) is 0 Å². The van der Waals surface area contributed by atoms with Crippen LogP contribution in [0.1, 0.15) is 31.2 Å². The molecule has 1 aromatic carbocycles. The average Bonchev–Trinajstić information content (AvgIpc) is 2.96. The number of benzene rings is 1. The number of anilines is 1. The molecule has 2 N–H and O–H groups in total. The number of hydrogen-bond donors (Lipinski definition) is 2. The number of phenols is 1. The third kappa shape index (κ3) is 1.57. The third-order valence-corrected chi connectivity index (χ3v) is 3.15. The average molecular weight is 191 g/mol. The van der Waals surface area contributed by atoms with E-state index in [1.54, 1.807) is 6.07 Å². The Morgan fingerprint density at radius 2 is 2.29 bits per heavy atom. The second kappa shape index (κ2) is 3.52. The number of hydrogen-bond acceptors (Lipinski definition) is 2. The van der Waals surface area contributed by atoms with Crippen molar-refractivity contribution in [1.82, 2.24) is 0 Å². The molecule has 1 aromatic rings. The standard InChI is InChI=1S/C12H17NO/c1-3-8-6-10(8)11-7-9(14)4-5-12(11)13-2/h4-5,7-8,10,13-14H,3,6H2,1-2H3. The predicted molar refractivity (Wildman–Crippen MR) is 58.8 cm³/mol. The summed E-state index contributed by atoms with van der Waals surface area (Å²) in [6, 6.07) is 5.58. The van der Waals surface area contributed by atoms with Crippen LogP contribution in [0.4, 0.5) is 5.69 Å². The highest BCUT2D eigenvalue weighted by molar-refractivity contribution is 5.56. The molecule has 1 saturated carbocycles. The number of aromatic hydroxyl groups is 1. The van der Waals surface area contributed by atoms with Crippen LogP contribution in [0.25, 0.3) is 0 Å². The summed E-state index contributed by atoms with van der Waals surface area (Å²) in [5, 5.41) is 12.6. The summed E-state index contributed by atoms with van der Waals surface area (Å²) in [7, 11) is 1.93. The minimum Gasteiger partial charge on any atom is -0.508 e. The summed E-state index contributed by atoms with van der Waals surface area (Å²) in [5.74, 6) is 1.86. The van der Waals surface area contributed by atoms with Gasteiger partial charge in [0.05, 0.1) is 0 Å². The zero-order valence-electron chi connectivity index (χ0n) is 8.75. The van der Waals surface area contributed by atoms with E-state index in [0.717, 1.165) is 11.6 Å². The summed E-state index contributed by atoms with van der Waals surface area (Å²) in [6.45, 7) is 2.23. The molecular weight excluding hydrogens is 174 g/mol. The van der Waals surface area contributed by atoms with Crippen molar-refractivity contribution in [2.75, 3.05) is 12.4 Å². The fourth-order valence-electron chi connectivity index (χ4n) is 2.16. The lowest BCUT2D eigenvalue weighted by Crippen LogP contribution is -1.94. The Morgan fingerprint density at radius 1 is 1.50 bits per heavy atom. The molecule has 0 spiro atoms. The van der Waals surface area contributed by atoms with Gasteiger partial charge in [0.25, 0.3) is 0 Å². The van der Waals surface area contributed by atoms with Crippen LogP contribution < -0.4 is 5.32 Å². The van der Waals surface area contributed by atoms with Crippen molar-refractivity contribution in [3.05, 3.63) is 23.8 Å². The van der Waals surface area contributed by atoms with E-state index in [4.69, 9.17) is 0 Å². The quantitative estimate of drug-likeness (QED) is 0.720. The van der Waals surface area contributed by atoms with Gasteiger partial charge in [0.15, 0.2) is 0 Å². The SMILES string of the molecule is CCC1CC1c1cc(O)ccc1NC. The first kappa shape index (κ1) is 9.38. The van der Waals surface area contributed by atoms with E-state index in [0.29, 0.717) is 11.7 Å². The third-order valence-electron chi connectivity index (χ3n) is 3.15. The van der Waals surface area contributed by atoms with Gasteiger partial charge in [-0.1, -0.05) is 13.3 Å². The molecule has 0 bridgehead atoms. The molecule has 1 aliphatic rings. The topological polar surface area (TPSA) is 32.3 Å². The molecule has 0 radical (unpaired) electrons. The lowest BCUT2D eigenvalue weighted by molar-refractivity contribution is 0.474. The molecule has 2 nitrogen and oxygen atoms in total. The van der Waals surface area contributed by atoms with Crippen LogP contribution in [0.2, 0.25) is 0 Å². The van der Waals surface area contributed by atoms with Crippen molar-refractivity contribution in [2.45, 2.75) is 25.7 Å². The van der Waals surface area contributed by atoms with Gasteiger partial charge in [-0.3, -0.25) is 0 Å². The molecule has 0 aliphatic heterocycles. The fourth-order valence-corrected chi connectivity index (χ4v) is 2.16. The Hall–Kier alpha value is -1.18. The molecule has 14 heavy (non-hydrogen) atoms. The lowest BCUT2D eigenvalue weighted by atomic mass is 10.1. The molecule has 76 valence electrons. The van der Waals surface area contributed by atoms with Gasteiger partial charge in [-0.25, -0.2) is 0 Å². The predicted octanol–water partition coefficient (Wildman–Crippen LogP) is 2.95. The summed E-state index contributed by atoms with van der Waals surface area (Å²) >= 11 is 0. The highest BCUT2D eigenvalue weighted by Crippen LogP contribution is 2.52. The highest BCUT2D eigenvalue weighted by atomic mass is 16.3. The molecule has 1 aliphatic carbocycles. The molecule has 0 heterocycles. The molecule has 0 aromatic heterocycles. The Bertz CT molecular complexity index is 335. The maximum absolute atomic E-state index is 9.44. The fraction of sp³-hybridized carbons (Fsp3) is 0.500. The van der Waals surface area contributed by atoms with Crippen molar-refractivity contribution >= 4 is 5.69 Å². The van der Waals surface area contributed by atoms with Gasteiger partial charge < -0.3 is 10.4 Å². The van der Waals surface area contributed by atoms with E-state index in [2.05, 4.69) is 12.2 Å². The van der Waals surface area contributed by atoms with E-state index in [1.807, 2.05) is 19.2 Å². The Labute approximate surface area is 85.0 Å². The van der Waals surface area contributed by atoms with E-state index in [9.17, 15) is 5.11 Å². The highest BCUT2D eigenvalue weighted by Gasteiger charge is 2.37. The maximum Gasteiger partial charge on any atom is 0.116 e. The van der Waals surface area contributed by atoms with E-state index in [1.165, 1.54) is 18.4 Å². The van der Waals surface area contributed by atoms with Crippen LogP contribution in [0.5, 0.6) is 5.75 Å². The zero-order valence-corrected chi connectivity index (χ0v) is 8.75. The Kier molecular flexibility index (Phi) is 2.36. The van der Waals surface area contributed by atoms with Crippen molar-refractivity contribution in [2.24, 2.45) is 5.92 Å². The molecule has 2 atom stereocenters. The van der Waals surface area contributed by atoms with E-state index in [-0.39, 0.29) is 0 Å². The van der Waals surface area contributed by atoms with Crippen LogP contribution >= 0.6 is 0 Å². The van der Waals surface area contributed by atoms with Gasteiger partial charge >= 0.3 is 0 Å². The first-order valence-corrected chi connectivity index (χ1v) is 5.27. The van der Waals surface area contributed by atoms with E-state index >= 15 is 0 Å². The molecule has 2 rings (SSSR count).